The molecule has 1 nitrogen and oxygen atoms in total. The molecule has 0 spiro atoms. The van der Waals surface area contributed by atoms with Crippen molar-refractivity contribution in [3.05, 3.63) is 12.3 Å². The number of hydrogen-bond acceptors (Lipinski definition) is 1. The molecule has 3 rings (SSSR count). The Balaban J connectivity index is 1.81. The standard InChI is InChI=1S/C18H29N/c1-3-13(2)11-16-9-7-14-6-8-15(12-14)17-5-4-10-19-18(16)17/h4,10,13-17H,3,5-9,11-12H2,1-2H3/t13?,14?,15?,16-,17?/m0/s1. The number of hydrogen-bond donors (Lipinski definition) is 0. The fourth-order valence-electron chi connectivity index (χ4n) is 4.62. The summed E-state index contributed by atoms with van der Waals surface area (Å²) in [5.41, 5.74) is 1.59. The predicted octanol–water partition coefficient (Wildman–Crippen LogP) is 5.22. The molecular weight excluding hydrogens is 230 g/mol. The third-order valence-electron chi connectivity index (χ3n) is 5.98. The van der Waals surface area contributed by atoms with Crippen LogP contribution in [-0.4, -0.2) is 5.71 Å². The largest absolute Gasteiger partial charge is 0.265 e. The molecule has 5 atom stereocenters. The SMILES string of the molecule is CCC(C)C[C@@H]1CCC2CCC(C2)C2CC=CN=C21. The van der Waals surface area contributed by atoms with Crippen molar-refractivity contribution in [2.24, 2.45) is 34.6 Å². The maximum absolute atomic E-state index is 4.87. The molecule has 1 aliphatic heterocycles. The molecule has 0 aromatic rings. The second-order valence-electron chi connectivity index (χ2n) is 7.24. The maximum Gasteiger partial charge on any atom is 0.0246 e. The van der Waals surface area contributed by atoms with Gasteiger partial charge in [0.2, 0.25) is 0 Å². The third kappa shape index (κ3) is 2.80. The van der Waals surface area contributed by atoms with E-state index < -0.39 is 0 Å². The number of fused-ring (bicyclic) bond motifs is 4. The van der Waals surface area contributed by atoms with Gasteiger partial charge in [-0.05, 0) is 62.2 Å². The van der Waals surface area contributed by atoms with Gasteiger partial charge in [-0.15, -0.1) is 0 Å². The van der Waals surface area contributed by atoms with Crippen molar-refractivity contribution in [2.45, 2.75) is 65.2 Å². The summed E-state index contributed by atoms with van der Waals surface area (Å²) in [5, 5.41) is 0. The molecular formula is C18H29N. The van der Waals surface area contributed by atoms with Crippen LogP contribution in [0.15, 0.2) is 17.3 Å². The molecule has 0 amide bonds. The van der Waals surface area contributed by atoms with Gasteiger partial charge in [0, 0.05) is 17.8 Å². The van der Waals surface area contributed by atoms with Crippen LogP contribution in [0, 0.1) is 29.6 Å². The summed E-state index contributed by atoms with van der Waals surface area (Å²) in [6.45, 7) is 4.75. The Bertz CT molecular complexity index is 368. The lowest BCUT2D eigenvalue weighted by molar-refractivity contribution is 0.324. The number of aliphatic imine (C=N–C) groups is 1. The van der Waals surface area contributed by atoms with Crippen LogP contribution < -0.4 is 0 Å². The van der Waals surface area contributed by atoms with Gasteiger partial charge in [-0.2, -0.15) is 0 Å². The van der Waals surface area contributed by atoms with Crippen LogP contribution in [0.3, 0.4) is 0 Å². The molecule has 0 N–H and O–H groups in total. The van der Waals surface area contributed by atoms with Gasteiger partial charge in [-0.25, -0.2) is 0 Å². The first-order valence-electron chi connectivity index (χ1n) is 8.50. The zero-order valence-electron chi connectivity index (χ0n) is 12.6. The average molecular weight is 259 g/mol. The van der Waals surface area contributed by atoms with E-state index in [-0.39, 0.29) is 0 Å². The number of allylic oxidation sites excluding steroid dienone is 1. The van der Waals surface area contributed by atoms with Gasteiger partial charge in [-0.1, -0.05) is 32.8 Å². The van der Waals surface area contributed by atoms with E-state index in [4.69, 9.17) is 4.99 Å². The monoisotopic (exact) mass is 259 g/mol. The topological polar surface area (TPSA) is 12.4 Å². The van der Waals surface area contributed by atoms with Crippen LogP contribution in [0.1, 0.15) is 65.2 Å². The summed E-state index contributed by atoms with van der Waals surface area (Å²) in [4.78, 5) is 4.87. The lowest BCUT2D eigenvalue weighted by Crippen LogP contribution is -2.32. The Hall–Kier alpha value is -0.590. The summed E-state index contributed by atoms with van der Waals surface area (Å²) >= 11 is 0. The molecule has 0 saturated heterocycles. The van der Waals surface area contributed by atoms with Crippen molar-refractivity contribution in [3.63, 3.8) is 0 Å². The molecule has 4 unspecified atom stereocenters. The molecule has 1 heterocycles. The lowest BCUT2D eigenvalue weighted by atomic mass is 9.72. The normalized spacial score (nSPS) is 39.2. The van der Waals surface area contributed by atoms with Crippen LogP contribution in [0.25, 0.3) is 0 Å². The smallest absolute Gasteiger partial charge is 0.0246 e. The Morgan fingerprint density at radius 2 is 2.11 bits per heavy atom. The number of rotatable bonds is 3. The van der Waals surface area contributed by atoms with Crippen LogP contribution in [0.4, 0.5) is 0 Å². The molecule has 2 aliphatic carbocycles. The van der Waals surface area contributed by atoms with E-state index in [1.165, 1.54) is 51.4 Å². The van der Waals surface area contributed by atoms with Crippen molar-refractivity contribution in [3.8, 4) is 0 Å². The zero-order valence-corrected chi connectivity index (χ0v) is 12.6. The van der Waals surface area contributed by atoms with E-state index in [0.717, 1.165) is 29.6 Å². The van der Waals surface area contributed by atoms with E-state index in [1.54, 1.807) is 5.71 Å². The van der Waals surface area contributed by atoms with Crippen LogP contribution in [-0.2, 0) is 0 Å². The summed E-state index contributed by atoms with van der Waals surface area (Å²) in [6.07, 6.45) is 15.7. The van der Waals surface area contributed by atoms with E-state index >= 15 is 0 Å². The van der Waals surface area contributed by atoms with Gasteiger partial charge in [0.05, 0.1) is 0 Å². The summed E-state index contributed by atoms with van der Waals surface area (Å²) < 4.78 is 0. The first-order valence-corrected chi connectivity index (χ1v) is 8.50. The highest BCUT2D eigenvalue weighted by Gasteiger charge is 2.38. The number of nitrogens with zero attached hydrogens (tertiary/aromatic N) is 1. The molecule has 0 aromatic carbocycles. The molecule has 2 fully saturated rings. The highest BCUT2D eigenvalue weighted by atomic mass is 14.7. The fourth-order valence-corrected chi connectivity index (χ4v) is 4.62. The van der Waals surface area contributed by atoms with Gasteiger partial charge >= 0.3 is 0 Å². The Morgan fingerprint density at radius 3 is 2.95 bits per heavy atom. The van der Waals surface area contributed by atoms with Crippen molar-refractivity contribution in [1.82, 2.24) is 0 Å². The van der Waals surface area contributed by atoms with E-state index in [0.29, 0.717) is 0 Å². The van der Waals surface area contributed by atoms with E-state index in [2.05, 4.69) is 26.1 Å². The van der Waals surface area contributed by atoms with Gasteiger partial charge in [0.1, 0.15) is 0 Å². The van der Waals surface area contributed by atoms with Gasteiger partial charge < -0.3 is 0 Å². The Labute approximate surface area is 118 Å². The van der Waals surface area contributed by atoms with E-state index in [9.17, 15) is 0 Å². The molecule has 0 aromatic heterocycles. The minimum Gasteiger partial charge on any atom is -0.265 e. The quantitative estimate of drug-likeness (QED) is 0.658. The summed E-state index contributed by atoms with van der Waals surface area (Å²) in [5.74, 6) is 4.43. The molecule has 19 heavy (non-hydrogen) atoms. The molecule has 3 aliphatic rings. The maximum atomic E-state index is 4.87. The van der Waals surface area contributed by atoms with Crippen molar-refractivity contribution < 1.29 is 0 Å². The molecule has 2 saturated carbocycles. The first-order chi connectivity index (χ1) is 9.28. The Morgan fingerprint density at radius 1 is 1.26 bits per heavy atom. The van der Waals surface area contributed by atoms with Gasteiger partial charge in [-0.3, -0.25) is 4.99 Å². The average Bonchev–Trinajstić information content (AvgIpc) is 2.92. The molecule has 1 heteroatoms. The second-order valence-corrected chi connectivity index (χ2v) is 7.24. The van der Waals surface area contributed by atoms with Gasteiger partial charge in [0.25, 0.3) is 0 Å². The highest BCUT2D eigenvalue weighted by molar-refractivity contribution is 5.90. The van der Waals surface area contributed by atoms with Crippen molar-refractivity contribution in [2.75, 3.05) is 0 Å². The Kier molecular flexibility index (Phi) is 4.10. The summed E-state index contributed by atoms with van der Waals surface area (Å²) in [6, 6.07) is 0. The minimum absolute atomic E-state index is 0.785. The highest BCUT2D eigenvalue weighted by Crippen LogP contribution is 2.45. The van der Waals surface area contributed by atoms with Crippen LogP contribution in [0.2, 0.25) is 0 Å². The van der Waals surface area contributed by atoms with Gasteiger partial charge in [0.15, 0.2) is 0 Å². The van der Waals surface area contributed by atoms with Crippen LogP contribution >= 0.6 is 0 Å². The predicted molar refractivity (Wildman–Crippen MR) is 82.3 cm³/mol. The van der Waals surface area contributed by atoms with Crippen molar-refractivity contribution in [1.29, 1.82) is 0 Å². The second kappa shape index (κ2) is 5.81. The minimum atomic E-state index is 0.785. The van der Waals surface area contributed by atoms with E-state index in [1.807, 2.05) is 0 Å². The van der Waals surface area contributed by atoms with Crippen LogP contribution in [0.5, 0.6) is 0 Å². The summed E-state index contributed by atoms with van der Waals surface area (Å²) in [7, 11) is 0. The zero-order chi connectivity index (χ0) is 13.2. The third-order valence-corrected chi connectivity index (χ3v) is 5.98. The molecule has 0 radical (unpaired) electrons. The molecule has 106 valence electrons. The first kappa shape index (κ1) is 13.4. The molecule has 2 bridgehead atoms. The fraction of sp³-hybridized carbons (Fsp3) is 0.833. The van der Waals surface area contributed by atoms with Crippen molar-refractivity contribution >= 4 is 5.71 Å². The lowest BCUT2D eigenvalue weighted by Gasteiger charge is -2.34.